The Labute approximate surface area is 179 Å². The SMILES string of the molecule is COc1cc(/C=N/NC(=O)COc2ccc3ccccc3c2)cc(OC)c1OC(C)=O. The molecule has 3 aromatic rings. The maximum Gasteiger partial charge on any atom is 0.308 e. The van der Waals surface area contributed by atoms with Gasteiger partial charge in [-0.2, -0.15) is 5.10 Å². The van der Waals surface area contributed by atoms with Crippen LogP contribution in [0.2, 0.25) is 0 Å². The van der Waals surface area contributed by atoms with Crippen molar-refractivity contribution in [1.82, 2.24) is 5.43 Å². The smallest absolute Gasteiger partial charge is 0.308 e. The second kappa shape index (κ2) is 10.1. The van der Waals surface area contributed by atoms with Gasteiger partial charge in [-0.1, -0.05) is 30.3 Å². The Bertz CT molecular complexity index is 1100. The number of ether oxygens (including phenoxy) is 4. The summed E-state index contributed by atoms with van der Waals surface area (Å²) in [7, 11) is 2.88. The van der Waals surface area contributed by atoms with E-state index in [9.17, 15) is 9.59 Å². The summed E-state index contributed by atoms with van der Waals surface area (Å²) < 4.78 is 21.2. The van der Waals surface area contributed by atoms with Crippen LogP contribution in [0.5, 0.6) is 23.0 Å². The lowest BCUT2D eigenvalue weighted by atomic mass is 10.1. The van der Waals surface area contributed by atoms with Crippen molar-refractivity contribution < 1.29 is 28.5 Å². The molecule has 0 saturated heterocycles. The van der Waals surface area contributed by atoms with Gasteiger partial charge >= 0.3 is 5.97 Å². The molecule has 0 saturated carbocycles. The van der Waals surface area contributed by atoms with Crippen LogP contribution in [0.4, 0.5) is 0 Å². The highest BCUT2D eigenvalue weighted by Gasteiger charge is 2.15. The molecule has 160 valence electrons. The fraction of sp³-hybridized carbons (Fsp3) is 0.174. The molecule has 0 bridgehead atoms. The molecule has 0 spiro atoms. The molecule has 0 fully saturated rings. The monoisotopic (exact) mass is 422 g/mol. The number of rotatable bonds is 8. The molecule has 0 atom stereocenters. The minimum absolute atomic E-state index is 0.169. The zero-order valence-electron chi connectivity index (χ0n) is 17.4. The number of benzene rings is 3. The molecule has 0 aromatic heterocycles. The number of fused-ring (bicyclic) bond motifs is 1. The molecular weight excluding hydrogens is 400 g/mol. The summed E-state index contributed by atoms with van der Waals surface area (Å²) in [6.07, 6.45) is 1.41. The van der Waals surface area contributed by atoms with Crippen LogP contribution in [0.25, 0.3) is 10.8 Å². The number of carbonyl (C=O) groups is 2. The number of esters is 1. The van der Waals surface area contributed by atoms with Crippen molar-refractivity contribution in [2.24, 2.45) is 5.10 Å². The minimum Gasteiger partial charge on any atom is -0.493 e. The normalized spacial score (nSPS) is 10.7. The van der Waals surface area contributed by atoms with Gasteiger partial charge in [0.1, 0.15) is 5.75 Å². The molecule has 8 heteroatoms. The van der Waals surface area contributed by atoms with E-state index in [2.05, 4.69) is 10.5 Å². The summed E-state index contributed by atoms with van der Waals surface area (Å²) in [4.78, 5) is 23.3. The number of hydrogen-bond donors (Lipinski definition) is 1. The number of hydrazone groups is 1. The molecule has 1 N–H and O–H groups in total. The van der Waals surface area contributed by atoms with E-state index in [1.54, 1.807) is 12.1 Å². The molecule has 1 amide bonds. The molecule has 8 nitrogen and oxygen atoms in total. The van der Waals surface area contributed by atoms with Gasteiger partial charge in [-0.05, 0) is 35.0 Å². The fourth-order valence-corrected chi connectivity index (χ4v) is 2.84. The Hall–Kier alpha value is -4.07. The third-order valence-electron chi connectivity index (χ3n) is 4.22. The summed E-state index contributed by atoms with van der Waals surface area (Å²) in [5.41, 5.74) is 2.97. The van der Waals surface area contributed by atoms with E-state index in [1.807, 2.05) is 42.5 Å². The number of hydrogen-bond acceptors (Lipinski definition) is 7. The molecule has 0 aliphatic carbocycles. The Morgan fingerprint density at radius 2 is 1.65 bits per heavy atom. The van der Waals surface area contributed by atoms with E-state index in [0.717, 1.165) is 10.8 Å². The van der Waals surface area contributed by atoms with Crippen molar-refractivity contribution in [2.75, 3.05) is 20.8 Å². The van der Waals surface area contributed by atoms with Crippen LogP contribution in [0.1, 0.15) is 12.5 Å². The first-order valence-corrected chi connectivity index (χ1v) is 9.38. The lowest BCUT2D eigenvalue weighted by Gasteiger charge is -2.13. The zero-order valence-corrected chi connectivity index (χ0v) is 17.4. The third kappa shape index (κ3) is 5.72. The molecule has 0 heterocycles. The summed E-state index contributed by atoms with van der Waals surface area (Å²) >= 11 is 0. The number of nitrogens with one attached hydrogen (secondary N) is 1. The summed E-state index contributed by atoms with van der Waals surface area (Å²) in [6, 6.07) is 16.7. The maximum absolute atomic E-state index is 12.0. The van der Waals surface area contributed by atoms with E-state index < -0.39 is 11.9 Å². The molecule has 3 aromatic carbocycles. The van der Waals surface area contributed by atoms with E-state index >= 15 is 0 Å². The lowest BCUT2D eigenvalue weighted by molar-refractivity contribution is -0.132. The van der Waals surface area contributed by atoms with Gasteiger partial charge in [0.2, 0.25) is 5.75 Å². The summed E-state index contributed by atoms with van der Waals surface area (Å²) in [5, 5.41) is 6.04. The fourth-order valence-electron chi connectivity index (χ4n) is 2.84. The van der Waals surface area contributed by atoms with E-state index in [0.29, 0.717) is 22.8 Å². The third-order valence-corrected chi connectivity index (χ3v) is 4.22. The van der Waals surface area contributed by atoms with Gasteiger partial charge in [-0.25, -0.2) is 5.43 Å². The van der Waals surface area contributed by atoms with Crippen LogP contribution in [0, 0.1) is 0 Å². The van der Waals surface area contributed by atoms with Gasteiger partial charge in [-0.15, -0.1) is 0 Å². The number of methoxy groups -OCH3 is 2. The van der Waals surface area contributed by atoms with Gasteiger partial charge in [0.05, 0.1) is 20.4 Å². The van der Waals surface area contributed by atoms with Crippen molar-refractivity contribution in [1.29, 1.82) is 0 Å². The first kappa shape index (κ1) is 21.6. The molecule has 0 radical (unpaired) electrons. The quantitative estimate of drug-likeness (QED) is 0.259. The van der Waals surface area contributed by atoms with Crippen molar-refractivity contribution in [3.63, 3.8) is 0 Å². The topological polar surface area (TPSA) is 95.5 Å². The number of carbonyl (C=O) groups excluding carboxylic acids is 2. The maximum atomic E-state index is 12.0. The molecule has 0 unspecified atom stereocenters. The molecule has 31 heavy (non-hydrogen) atoms. The van der Waals surface area contributed by atoms with Crippen LogP contribution in [-0.2, 0) is 9.59 Å². The van der Waals surface area contributed by atoms with Crippen molar-refractivity contribution in [3.05, 3.63) is 60.2 Å². The van der Waals surface area contributed by atoms with Crippen LogP contribution in [0.3, 0.4) is 0 Å². The Balaban J connectivity index is 1.61. The van der Waals surface area contributed by atoms with E-state index in [-0.39, 0.29) is 12.4 Å². The first-order valence-electron chi connectivity index (χ1n) is 9.38. The number of amides is 1. The van der Waals surface area contributed by atoms with E-state index in [1.165, 1.54) is 27.4 Å². The zero-order chi connectivity index (χ0) is 22.2. The second-order valence-electron chi connectivity index (χ2n) is 6.44. The van der Waals surface area contributed by atoms with Crippen LogP contribution < -0.4 is 24.4 Å². The standard InChI is InChI=1S/C23H22N2O6/c1-15(26)31-23-20(28-2)10-16(11-21(23)29-3)13-24-25-22(27)14-30-19-9-8-17-6-4-5-7-18(17)12-19/h4-13H,14H2,1-3H3,(H,25,27)/b24-13+. The van der Waals surface area contributed by atoms with Gasteiger partial charge in [0.25, 0.3) is 5.91 Å². The van der Waals surface area contributed by atoms with Crippen LogP contribution >= 0.6 is 0 Å². The summed E-state index contributed by atoms with van der Waals surface area (Å²) in [6.45, 7) is 1.09. The Morgan fingerprint density at radius 3 is 2.29 bits per heavy atom. The number of nitrogens with zero attached hydrogens (tertiary/aromatic N) is 1. The molecule has 3 rings (SSSR count). The molecule has 0 aliphatic heterocycles. The van der Waals surface area contributed by atoms with Crippen LogP contribution in [0.15, 0.2) is 59.7 Å². The second-order valence-corrected chi connectivity index (χ2v) is 6.44. The Morgan fingerprint density at radius 1 is 0.968 bits per heavy atom. The predicted octanol–water partition coefficient (Wildman–Crippen LogP) is 3.31. The van der Waals surface area contributed by atoms with Crippen molar-refractivity contribution >= 4 is 28.9 Å². The highest BCUT2D eigenvalue weighted by Crippen LogP contribution is 2.38. The predicted molar refractivity (Wildman–Crippen MR) is 116 cm³/mol. The first-order chi connectivity index (χ1) is 15.0. The largest absolute Gasteiger partial charge is 0.493 e. The minimum atomic E-state index is -0.503. The molecular formula is C23H22N2O6. The highest BCUT2D eigenvalue weighted by molar-refractivity contribution is 5.86. The van der Waals surface area contributed by atoms with Gasteiger partial charge in [-0.3, -0.25) is 9.59 Å². The van der Waals surface area contributed by atoms with Gasteiger partial charge in [0, 0.05) is 12.5 Å². The van der Waals surface area contributed by atoms with Crippen molar-refractivity contribution in [3.8, 4) is 23.0 Å². The van der Waals surface area contributed by atoms with Gasteiger partial charge in [0.15, 0.2) is 18.1 Å². The lowest BCUT2D eigenvalue weighted by Crippen LogP contribution is -2.24. The van der Waals surface area contributed by atoms with Crippen LogP contribution in [-0.4, -0.2) is 38.9 Å². The average Bonchev–Trinajstić information content (AvgIpc) is 2.77. The highest BCUT2D eigenvalue weighted by atomic mass is 16.6. The molecule has 0 aliphatic rings. The summed E-state index contributed by atoms with van der Waals surface area (Å²) in [5.74, 6) is 0.427. The Kier molecular flexibility index (Phi) is 7.05. The van der Waals surface area contributed by atoms with Crippen molar-refractivity contribution in [2.45, 2.75) is 6.92 Å². The van der Waals surface area contributed by atoms with Gasteiger partial charge < -0.3 is 18.9 Å². The average molecular weight is 422 g/mol. The van der Waals surface area contributed by atoms with E-state index in [4.69, 9.17) is 18.9 Å².